The molecule has 0 rings (SSSR count). The van der Waals surface area contributed by atoms with Crippen LogP contribution in [0.3, 0.4) is 0 Å². The van der Waals surface area contributed by atoms with Gasteiger partial charge in [-0.1, -0.05) is 431 Å². The van der Waals surface area contributed by atoms with Gasteiger partial charge in [0.1, 0.15) is 0 Å². The average molecular weight is 1260 g/mol. The van der Waals surface area contributed by atoms with Crippen molar-refractivity contribution >= 4 is 11.9 Å². The number of hydrogen-bond acceptors (Lipinski definition) is 5. The highest BCUT2D eigenvalue weighted by molar-refractivity contribution is 5.76. The Morgan fingerprint density at radius 3 is 0.798 bits per heavy atom. The molecule has 0 radical (unpaired) electrons. The van der Waals surface area contributed by atoms with Crippen LogP contribution in [-0.2, 0) is 14.3 Å². The lowest BCUT2D eigenvalue weighted by atomic mass is 10.0. The predicted octanol–water partition coefficient (Wildman–Crippen LogP) is 27.4. The Labute approximate surface area is 559 Å². The van der Waals surface area contributed by atoms with Crippen molar-refractivity contribution < 1.29 is 24.5 Å². The van der Waals surface area contributed by atoms with Crippen LogP contribution in [0.2, 0.25) is 0 Å². The molecule has 0 aromatic carbocycles. The van der Waals surface area contributed by atoms with Crippen molar-refractivity contribution in [2.75, 3.05) is 13.2 Å². The van der Waals surface area contributed by atoms with E-state index in [0.29, 0.717) is 25.9 Å². The second kappa shape index (κ2) is 79.0. The fourth-order valence-corrected chi connectivity index (χ4v) is 13.5. The molecule has 3 N–H and O–H groups in total. The minimum absolute atomic E-state index is 0.0242. The van der Waals surface area contributed by atoms with E-state index in [4.69, 9.17) is 4.74 Å². The van der Waals surface area contributed by atoms with E-state index in [0.717, 1.165) is 38.5 Å². The molecule has 1 amide bonds. The van der Waals surface area contributed by atoms with E-state index in [1.807, 2.05) is 0 Å². The molecule has 0 aromatic rings. The van der Waals surface area contributed by atoms with E-state index in [1.54, 1.807) is 0 Å². The molecule has 2 unspecified atom stereocenters. The lowest BCUT2D eigenvalue weighted by Gasteiger charge is -2.22. The van der Waals surface area contributed by atoms with E-state index in [2.05, 4.69) is 31.3 Å². The molecule has 0 aromatic heterocycles. The second-order valence-electron chi connectivity index (χ2n) is 28.8. The van der Waals surface area contributed by atoms with Crippen LogP contribution in [0.5, 0.6) is 0 Å². The summed E-state index contributed by atoms with van der Waals surface area (Å²) in [5, 5.41) is 23.5. The molecule has 6 nitrogen and oxygen atoms in total. The smallest absolute Gasteiger partial charge is 0.305 e. The SMILES string of the molecule is CCCCCCCCCCCCCCCCCCCCCCCCC(O)C(CO)NC(=O)CCCCCCCCCCCCCCCCCCC/C=C\CCCCCCCCCCCCCCCCCCOC(=O)CCCCCCCCCCCCCCC. The number of allylic oxidation sites excluding steroid dienone is 2. The number of esters is 1. The van der Waals surface area contributed by atoms with Gasteiger partial charge in [-0.05, 0) is 51.4 Å². The summed E-state index contributed by atoms with van der Waals surface area (Å²) in [7, 11) is 0. The maximum absolute atomic E-state index is 12.6. The zero-order valence-corrected chi connectivity index (χ0v) is 61.0. The largest absolute Gasteiger partial charge is 0.466 e. The summed E-state index contributed by atoms with van der Waals surface area (Å²) in [4.78, 5) is 24.6. The number of rotatable bonds is 79. The number of carbonyl (C=O) groups is 2. The summed E-state index contributed by atoms with van der Waals surface area (Å²) >= 11 is 0. The number of hydrogen-bond donors (Lipinski definition) is 3. The standard InChI is InChI=1S/C83H163NO5/c1-3-5-7-9-11-13-15-17-18-19-20-21-39-42-45-48-52-55-59-63-67-71-75-81(86)80(79-85)84-82(87)76-72-68-64-60-56-53-49-46-43-40-37-35-33-31-29-27-25-23-22-24-26-28-30-32-34-36-38-41-44-47-50-54-58-62-66-70-74-78-89-83(88)77-73-69-65-61-57-51-16-14-12-10-8-6-4-2/h22,24,80-81,85-86H,3-21,23,25-79H2,1-2H3,(H,84,87)/b24-22-. The Balaban J connectivity index is 3.33. The van der Waals surface area contributed by atoms with Crippen molar-refractivity contribution in [2.45, 2.75) is 495 Å². The Morgan fingerprint density at radius 2 is 0.528 bits per heavy atom. The van der Waals surface area contributed by atoms with Gasteiger partial charge in [0, 0.05) is 12.8 Å². The fourth-order valence-electron chi connectivity index (χ4n) is 13.5. The van der Waals surface area contributed by atoms with Crippen LogP contribution in [0.4, 0.5) is 0 Å². The normalized spacial score (nSPS) is 12.4. The third-order valence-electron chi connectivity index (χ3n) is 19.8. The van der Waals surface area contributed by atoms with Gasteiger partial charge in [0.2, 0.25) is 5.91 Å². The van der Waals surface area contributed by atoms with E-state index in [9.17, 15) is 19.8 Å². The lowest BCUT2D eigenvalue weighted by Crippen LogP contribution is -2.45. The number of nitrogens with one attached hydrogen (secondary N) is 1. The molecule has 0 heterocycles. The molecule has 0 aliphatic rings. The molecule has 89 heavy (non-hydrogen) atoms. The number of ether oxygens (including phenoxy) is 1. The number of carbonyl (C=O) groups excluding carboxylic acids is 2. The molecule has 0 saturated carbocycles. The first-order valence-electron chi connectivity index (χ1n) is 41.4. The zero-order valence-electron chi connectivity index (χ0n) is 61.0. The van der Waals surface area contributed by atoms with E-state index in [1.165, 1.54) is 411 Å². The second-order valence-corrected chi connectivity index (χ2v) is 28.8. The minimum Gasteiger partial charge on any atom is -0.466 e. The molecule has 0 spiro atoms. The van der Waals surface area contributed by atoms with E-state index >= 15 is 0 Å². The molecule has 0 saturated heterocycles. The topological polar surface area (TPSA) is 95.9 Å². The summed E-state index contributed by atoms with van der Waals surface area (Å²) in [6.07, 6.45) is 100. The third-order valence-corrected chi connectivity index (χ3v) is 19.8. The van der Waals surface area contributed by atoms with Gasteiger partial charge in [0.05, 0.1) is 25.4 Å². The van der Waals surface area contributed by atoms with Crippen molar-refractivity contribution in [3.05, 3.63) is 12.2 Å². The number of unbranched alkanes of at least 4 members (excludes halogenated alkanes) is 66. The highest BCUT2D eigenvalue weighted by atomic mass is 16.5. The van der Waals surface area contributed by atoms with Crippen LogP contribution >= 0.6 is 0 Å². The average Bonchev–Trinajstić information content (AvgIpc) is 3.68. The van der Waals surface area contributed by atoms with Crippen molar-refractivity contribution in [2.24, 2.45) is 0 Å². The monoisotopic (exact) mass is 1250 g/mol. The van der Waals surface area contributed by atoms with Gasteiger partial charge in [-0.25, -0.2) is 0 Å². The summed E-state index contributed by atoms with van der Waals surface area (Å²) in [6.45, 7) is 5.02. The van der Waals surface area contributed by atoms with Crippen LogP contribution in [0.15, 0.2) is 12.2 Å². The van der Waals surface area contributed by atoms with Crippen LogP contribution < -0.4 is 5.32 Å². The highest BCUT2D eigenvalue weighted by Gasteiger charge is 2.20. The van der Waals surface area contributed by atoms with Gasteiger partial charge in [-0.15, -0.1) is 0 Å². The van der Waals surface area contributed by atoms with E-state index < -0.39 is 12.1 Å². The molecule has 2 atom stereocenters. The van der Waals surface area contributed by atoms with Gasteiger partial charge < -0.3 is 20.3 Å². The van der Waals surface area contributed by atoms with Gasteiger partial charge in [0.15, 0.2) is 0 Å². The summed E-state index contributed by atoms with van der Waals surface area (Å²) < 4.78 is 5.50. The molecule has 0 aliphatic heterocycles. The van der Waals surface area contributed by atoms with Crippen LogP contribution in [-0.4, -0.2) is 47.4 Å². The molecule has 6 heteroatoms. The maximum Gasteiger partial charge on any atom is 0.305 e. The van der Waals surface area contributed by atoms with Crippen LogP contribution in [0.25, 0.3) is 0 Å². The first-order chi connectivity index (χ1) is 44.0. The molecule has 0 bridgehead atoms. The number of amides is 1. The maximum atomic E-state index is 12.6. The molecule has 0 fully saturated rings. The molecule has 0 aliphatic carbocycles. The lowest BCUT2D eigenvalue weighted by molar-refractivity contribution is -0.143. The predicted molar refractivity (Wildman–Crippen MR) is 394 cm³/mol. The van der Waals surface area contributed by atoms with Crippen molar-refractivity contribution in [3.8, 4) is 0 Å². The Hall–Kier alpha value is -1.40. The molecular weight excluding hydrogens is 1090 g/mol. The van der Waals surface area contributed by atoms with Crippen molar-refractivity contribution in [1.29, 1.82) is 0 Å². The van der Waals surface area contributed by atoms with Gasteiger partial charge in [-0.3, -0.25) is 9.59 Å². The number of aliphatic hydroxyl groups excluding tert-OH is 2. The van der Waals surface area contributed by atoms with Gasteiger partial charge >= 0.3 is 5.97 Å². The van der Waals surface area contributed by atoms with Gasteiger partial charge in [0.25, 0.3) is 0 Å². The van der Waals surface area contributed by atoms with Crippen LogP contribution in [0.1, 0.15) is 483 Å². The quantitative estimate of drug-likeness (QED) is 0.0320. The van der Waals surface area contributed by atoms with Crippen LogP contribution in [0, 0.1) is 0 Å². The minimum atomic E-state index is -0.662. The Bertz CT molecular complexity index is 1350. The summed E-state index contributed by atoms with van der Waals surface area (Å²) in [5.41, 5.74) is 0. The summed E-state index contributed by atoms with van der Waals surface area (Å²) in [5.74, 6) is -0.000651. The van der Waals surface area contributed by atoms with E-state index in [-0.39, 0.29) is 18.5 Å². The highest BCUT2D eigenvalue weighted by Crippen LogP contribution is 2.21. The Kier molecular flexibility index (Phi) is 77.8. The van der Waals surface area contributed by atoms with Crippen molar-refractivity contribution in [1.82, 2.24) is 5.32 Å². The van der Waals surface area contributed by atoms with Crippen molar-refractivity contribution in [3.63, 3.8) is 0 Å². The number of aliphatic hydroxyl groups is 2. The fraction of sp³-hybridized carbons (Fsp3) is 0.952. The third kappa shape index (κ3) is 75.5. The Morgan fingerprint density at radius 1 is 0.303 bits per heavy atom. The molecule has 530 valence electrons. The first kappa shape index (κ1) is 87.6. The zero-order chi connectivity index (χ0) is 64.2. The summed E-state index contributed by atoms with van der Waals surface area (Å²) in [6, 6.07) is -0.539. The molecular formula is C83H163NO5. The van der Waals surface area contributed by atoms with Gasteiger partial charge in [-0.2, -0.15) is 0 Å². The first-order valence-corrected chi connectivity index (χ1v) is 41.4.